The fourth-order valence-corrected chi connectivity index (χ4v) is 8.32. The Bertz CT molecular complexity index is 2650. The number of nitrogens with zero attached hydrogens (tertiary/aromatic N) is 1. The van der Waals surface area contributed by atoms with Gasteiger partial charge in [0, 0.05) is 35.7 Å². The average molecular weight is 1220 g/mol. The number of alkyl halides is 2. The second kappa shape index (κ2) is 43.8. The number of hydrogen-bond donors (Lipinski definition) is 2. The van der Waals surface area contributed by atoms with Crippen LogP contribution in [0.5, 0.6) is 0 Å². The molecule has 0 saturated heterocycles. The molecule has 3 heterocycles. The maximum absolute atomic E-state index is 12.6. The van der Waals surface area contributed by atoms with Crippen LogP contribution >= 0.6 is 23.2 Å². The van der Waals surface area contributed by atoms with Crippen LogP contribution in [0, 0.1) is 39.4 Å². The van der Waals surface area contributed by atoms with Gasteiger partial charge in [-0.15, -0.1) is 23.2 Å². The molecular weight excluding hydrogens is 1120 g/mol. The van der Waals surface area contributed by atoms with Gasteiger partial charge in [-0.25, -0.2) is 0 Å². The van der Waals surface area contributed by atoms with Crippen molar-refractivity contribution in [3.8, 4) is 6.07 Å². The van der Waals surface area contributed by atoms with Crippen LogP contribution in [0.1, 0.15) is 196 Å². The van der Waals surface area contributed by atoms with E-state index in [1.54, 1.807) is 55.2 Å². The predicted molar refractivity (Wildman–Crippen MR) is 346 cm³/mol. The maximum atomic E-state index is 12.6. The van der Waals surface area contributed by atoms with Crippen molar-refractivity contribution in [1.82, 2.24) is 10.6 Å². The van der Waals surface area contributed by atoms with Gasteiger partial charge in [0.05, 0.1) is 41.1 Å². The first-order valence-electron chi connectivity index (χ1n) is 27.9. The summed E-state index contributed by atoms with van der Waals surface area (Å²) in [5.74, 6) is 1.94. The number of esters is 3. The first-order chi connectivity index (χ1) is 38.8. The molecule has 0 saturated carbocycles. The van der Waals surface area contributed by atoms with Crippen LogP contribution < -0.4 is 10.6 Å². The minimum atomic E-state index is -0.680. The molecule has 2 amide bonds. The van der Waals surface area contributed by atoms with Crippen LogP contribution in [0.3, 0.4) is 0 Å². The van der Waals surface area contributed by atoms with E-state index < -0.39 is 16.2 Å². The van der Waals surface area contributed by atoms with Crippen molar-refractivity contribution < 1.29 is 51.4 Å². The van der Waals surface area contributed by atoms with Crippen LogP contribution in [0.4, 0.5) is 0 Å². The lowest BCUT2D eigenvalue weighted by Crippen LogP contribution is -2.39. The summed E-state index contributed by atoms with van der Waals surface area (Å²) < 4.78 is 31.5. The van der Waals surface area contributed by atoms with Crippen molar-refractivity contribution in [3.05, 3.63) is 162 Å². The van der Waals surface area contributed by atoms with E-state index in [2.05, 4.69) is 48.9 Å². The Labute approximate surface area is 520 Å². The molecule has 2 aromatic carbocycles. The smallest absolute Gasteiger partial charge is 0.312 e. The van der Waals surface area contributed by atoms with Crippen molar-refractivity contribution in [1.29, 1.82) is 5.26 Å². The van der Waals surface area contributed by atoms with E-state index in [9.17, 15) is 24.0 Å². The lowest BCUT2D eigenvalue weighted by atomic mass is 9.77. The van der Waals surface area contributed by atoms with Crippen LogP contribution in [-0.2, 0) is 69.8 Å². The first kappa shape index (κ1) is 82.4. The fraction of sp³-hybridized carbons (Fsp3) is 0.507. The summed E-state index contributed by atoms with van der Waals surface area (Å²) in [6.07, 6.45) is 11.4. The summed E-state index contributed by atoms with van der Waals surface area (Å²) in [7, 11) is 0. The zero-order chi connectivity index (χ0) is 61.9. The summed E-state index contributed by atoms with van der Waals surface area (Å²) in [5, 5.41) is 14.4. The number of nitriles is 1. The molecule has 0 aliphatic rings. The van der Waals surface area contributed by atoms with Crippen molar-refractivity contribution in [2.75, 3.05) is 0 Å². The molecule has 16 heteroatoms. The number of carbonyl (C=O) groups excluding carboxylic acids is 5. The molecule has 3 aromatic heterocycles. The van der Waals surface area contributed by atoms with E-state index in [0.717, 1.165) is 29.5 Å². The molecule has 5 aromatic rings. The molecule has 474 valence electrons. The normalized spacial score (nSPS) is 13.3. The van der Waals surface area contributed by atoms with Crippen LogP contribution in [0.25, 0.3) is 6.08 Å². The van der Waals surface area contributed by atoms with Crippen molar-refractivity contribution >= 4 is 59.0 Å². The second-order valence-corrected chi connectivity index (χ2v) is 22.2. The summed E-state index contributed by atoms with van der Waals surface area (Å²) in [5.41, 5.74) is 2.78. The number of benzene rings is 2. The van der Waals surface area contributed by atoms with E-state index in [4.69, 9.17) is 55.9 Å². The minimum Gasteiger partial charge on any atom is -0.466 e. The summed E-state index contributed by atoms with van der Waals surface area (Å²) in [6.45, 7) is 32.4. The molecule has 0 aliphatic heterocycles. The van der Waals surface area contributed by atoms with E-state index in [0.29, 0.717) is 54.7 Å². The van der Waals surface area contributed by atoms with Gasteiger partial charge in [0.15, 0.2) is 0 Å². The monoisotopic (exact) mass is 1220 g/mol. The van der Waals surface area contributed by atoms with Gasteiger partial charge >= 0.3 is 17.9 Å². The van der Waals surface area contributed by atoms with E-state index in [1.165, 1.54) is 11.6 Å². The van der Waals surface area contributed by atoms with Crippen molar-refractivity contribution in [2.24, 2.45) is 28.1 Å². The zero-order valence-electron chi connectivity index (χ0n) is 50.7. The largest absolute Gasteiger partial charge is 0.466 e. The van der Waals surface area contributed by atoms with E-state index in [-0.39, 0.29) is 102 Å². The number of amides is 2. The Kier molecular flexibility index (Phi) is 42.4. The third-order valence-electron chi connectivity index (χ3n) is 13.7. The molecule has 6 atom stereocenters. The standard InChI is InChI=1S/C20H25ClO3.C17H27NO4.C14H19NO3.C9H9Cl.C6H11NO.3CH4/c1-4-20(3,19(22)24-14-18-6-5-11-23-18)12-15(2)17-9-7-16(13-21)8-10-17;1-6-17(5,10-13(4)15(19)18-12(2)3)16(20)22-11-14-8-7-9-21-14;1-4-14(3,8-11(2)9-15)13(16)18-10-12-6-5-7-17-12;1-2-8-3-5-9(7-10)6-4-8;1-4-6(8)7-5(2)3;;;/h5-11,15H,4,12-14H2,1-3H3;7-9,12-13H,6,10-11H2,1-5H3,(H,18,19);5-7,11H,4,8,10H2,1-3H3;2-6H,1,7H2;4-5H,1H2,2-3H3,(H,7,8);3*1H4. The molecule has 85 heavy (non-hydrogen) atoms. The van der Waals surface area contributed by atoms with Gasteiger partial charge in [-0.2, -0.15) is 5.26 Å². The molecule has 0 bridgehead atoms. The van der Waals surface area contributed by atoms with Crippen LogP contribution in [0.15, 0.2) is 136 Å². The topological polar surface area (TPSA) is 200 Å². The number of ether oxygens (including phenoxy) is 3. The third kappa shape index (κ3) is 31.8. The van der Waals surface area contributed by atoms with Gasteiger partial charge in [-0.05, 0) is 165 Å². The predicted octanol–water partition coefficient (Wildman–Crippen LogP) is 17.9. The molecule has 5 rings (SSSR count). The maximum Gasteiger partial charge on any atom is 0.312 e. The molecule has 0 radical (unpaired) electrons. The Morgan fingerprint density at radius 2 is 0.941 bits per heavy atom. The highest BCUT2D eigenvalue weighted by atomic mass is 35.5. The lowest BCUT2D eigenvalue weighted by molar-refractivity contribution is -0.159. The number of rotatable bonds is 26. The van der Waals surface area contributed by atoms with Gasteiger partial charge in [-0.1, -0.05) is 125 Å². The average Bonchev–Trinajstić information content (AvgIpc) is 4.40. The van der Waals surface area contributed by atoms with Crippen LogP contribution in [-0.4, -0.2) is 41.8 Å². The van der Waals surface area contributed by atoms with Crippen LogP contribution in [0.2, 0.25) is 0 Å². The van der Waals surface area contributed by atoms with E-state index >= 15 is 0 Å². The molecule has 2 N–H and O–H groups in total. The number of halogens is 2. The number of hydrogen-bond acceptors (Lipinski definition) is 12. The number of nitrogens with one attached hydrogen (secondary N) is 2. The van der Waals surface area contributed by atoms with Gasteiger partial charge in [0.2, 0.25) is 11.8 Å². The minimum absolute atomic E-state index is 0. The summed E-state index contributed by atoms with van der Waals surface area (Å²) in [6, 6.07) is 29.3. The molecule has 0 aliphatic carbocycles. The molecule has 14 nitrogen and oxygen atoms in total. The first-order valence-corrected chi connectivity index (χ1v) is 29.0. The fourth-order valence-electron chi connectivity index (χ4n) is 7.96. The summed E-state index contributed by atoms with van der Waals surface area (Å²) >= 11 is 11.4. The third-order valence-corrected chi connectivity index (χ3v) is 14.3. The Balaban J connectivity index is -0.00000103. The van der Waals surface area contributed by atoms with Crippen molar-refractivity contribution in [3.63, 3.8) is 0 Å². The highest BCUT2D eigenvalue weighted by Crippen LogP contribution is 2.37. The van der Waals surface area contributed by atoms with E-state index in [1.807, 2.05) is 126 Å². The van der Waals surface area contributed by atoms with Gasteiger partial charge in [0.25, 0.3) is 0 Å². The molecule has 0 spiro atoms. The van der Waals surface area contributed by atoms with Gasteiger partial charge in [0.1, 0.15) is 37.1 Å². The molecule has 6 unspecified atom stereocenters. The SMILES string of the molecule is C.C.C.C=CC(=O)NC(C)C.C=Cc1ccc(CCl)cc1.CCC(C)(CC(C)C#N)C(=O)OCc1ccco1.CCC(C)(CC(C)C(=O)NC(C)C)C(=O)OCc1ccco1.CCC(C)(CC(C)c1ccc(CCl)cc1)C(=O)OCc1ccco1. The molecule has 0 fully saturated rings. The zero-order valence-corrected chi connectivity index (χ0v) is 52.3. The van der Waals surface area contributed by atoms with Gasteiger partial charge in [-0.3, -0.25) is 24.0 Å². The summed E-state index contributed by atoms with van der Waals surface area (Å²) in [4.78, 5) is 59.5. The highest BCUT2D eigenvalue weighted by Gasteiger charge is 2.38. The number of carbonyl (C=O) groups is 5. The molecular formula is C69H103Cl2N3O11. The quantitative estimate of drug-likeness (QED) is 0.0230. The Morgan fingerprint density at radius 3 is 1.24 bits per heavy atom. The van der Waals surface area contributed by atoms with Gasteiger partial charge < -0.3 is 38.1 Å². The van der Waals surface area contributed by atoms with Crippen molar-refractivity contribution in [2.45, 2.75) is 200 Å². The Hall–Kier alpha value is -6.82. The Morgan fingerprint density at radius 1 is 0.576 bits per heavy atom. The number of furan rings is 3. The lowest BCUT2D eigenvalue weighted by Gasteiger charge is -2.29. The second-order valence-electron chi connectivity index (χ2n) is 21.6. The highest BCUT2D eigenvalue weighted by molar-refractivity contribution is 6.17.